The Morgan fingerprint density at radius 2 is 2.10 bits per heavy atom. The molecule has 4 rings (SSSR count). The minimum absolute atomic E-state index is 0.0392. The number of ether oxygens (including phenoxy) is 1. The van der Waals surface area contributed by atoms with Crippen molar-refractivity contribution in [3.63, 3.8) is 0 Å². The van der Waals surface area contributed by atoms with Crippen LogP contribution in [0.25, 0.3) is 0 Å². The average Bonchev–Trinajstić information content (AvgIpc) is 3.24. The Labute approximate surface area is 177 Å². The number of hydrogen-bond donors (Lipinski definition) is 1. The van der Waals surface area contributed by atoms with Crippen LogP contribution >= 0.6 is 23.1 Å². The van der Waals surface area contributed by atoms with Gasteiger partial charge in [-0.25, -0.2) is 4.79 Å². The van der Waals surface area contributed by atoms with Crippen molar-refractivity contribution in [3.8, 4) is 6.07 Å². The maximum atomic E-state index is 12.5. The van der Waals surface area contributed by atoms with Gasteiger partial charge in [0.25, 0.3) is 5.91 Å². The van der Waals surface area contributed by atoms with Crippen molar-refractivity contribution < 1.29 is 19.1 Å². The Morgan fingerprint density at radius 1 is 1.31 bits per heavy atom. The number of anilines is 1. The van der Waals surface area contributed by atoms with Crippen LogP contribution < -0.4 is 5.32 Å². The average molecular weight is 434 g/mol. The number of nitrogens with zero attached hydrogens (tertiary/aromatic N) is 2. The Balaban J connectivity index is 1.37. The van der Waals surface area contributed by atoms with E-state index in [4.69, 9.17) is 4.74 Å². The Kier molecular flexibility index (Phi) is 5.58. The van der Waals surface area contributed by atoms with E-state index >= 15 is 0 Å². The van der Waals surface area contributed by atoms with Crippen molar-refractivity contribution in [2.75, 3.05) is 17.7 Å². The number of fused-ring (bicyclic) bond motifs is 2. The van der Waals surface area contributed by atoms with Crippen LogP contribution in [0.4, 0.5) is 5.00 Å². The summed E-state index contributed by atoms with van der Waals surface area (Å²) in [4.78, 5) is 39.4. The number of esters is 1. The third-order valence-electron chi connectivity index (χ3n) is 5.85. The standard InChI is InChI=1S/C20H23N3O4S2/c1-20-8-7-17(25)23(20)14(11-28-20)19(26)27-10-16(24)22-18-13(9-21)12-5-3-2-4-6-15(12)29-18/h14H,2-8,10-11H2,1H3,(H,22,24)/t14-,20+/m1/s1. The number of aryl methyl sites for hydroxylation is 1. The molecule has 0 unspecified atom stereocenters. The summed E-state index contributed by atoms with van der Waals surface area (Å²) in [6.07, 6.45) is 6.26. The molecule has 2 aliphatic heterocycles. The summed E-state index contributed by atoms with van der Waals surface area (Å²) in [6.45, 7) is 1.54. The first-order valence-electron chi connectivity index (χ1n) is 9.90. The van der Waals surface area contributed by atoms with Crippen molar-refractivity contribution in [3.05, 3.63) is 16.0 Å². The second kappa shape index (κ2) is 8.00. The fourth-order valence-electron chi connectivity index (χ4n) is 4.34. The van der Waals surface area contributed by atoms with Crippen LogP contribution in [0, 0.1) is 11.3 Å². The largest absolute Gasteiger partial charge is 0.454 e. The van der Waals surface area contributed by atoms with E-state index in [0.717, 1.165) is 44.1 Å². The predicted molar refractivity (Wildman–Crippen MR) is 111 cm³/mol. The highest BCUT2D eigenvalue weighted by Crippen LogP contribution is 2.47. The van der Waals surface area contributed by atoms with E-state index in [0.29, 0.717) is 22.7 Å². The molecule has 29 heavy (non-hydrogen) atoms. The van der Waals surface area contributed by atoms with Gasteiger partial charge in [-0.2, -0.15) is 5.26 Å². The summed E-state index contributed by atoms with van der Waals surface area (Å²) in [7, 11) is 0. The fourth-order valence-corrected chi connectivity index (χ4v) is 7.01. The number of carbonyl (C=O) groups is 3. The van der Waals surface area contributed by atoms with Crippen molar-refractivity contribution in [1.82, 2.24) is 4.90 Å². The van der Waals surface area contributed by atoms with E-state index in [1.807, 2.05) is 6.92 Å². The highest BCUT2D eigenvalue weighted by atomic mass is 32.2. The van der Waals surface area contributed by atoms with Gasteiger partial charge in [0.15, 0.2) is 6.61 Å². The zero-order valence-electron chi connectivity index (χ0n) is 16.3. The van der Waals surface area contributed by atoms with Gasteiger partial charge in [0.1, 0.15) is 17.1 Å². The van der Waals surface area contributed by atoms with Gasteiger partial charge < -0.3 is 15.0 Å². The summed E-state index contributed by atoms with van der Waals surface area (Å²) in [5.41, 5.74) is 1.59. The van der Waals surface area contributed by atoms with Gasteiger partial charge in [0.2, 0.25) is 5.91 Å². The molecule has 0 saturated carbocycles. The van der Waals surface area contributed by atoms with Crippen LogP contribution in [0.1, 0.15) is 55.0 Å². The molecule has 0 spiro atoms. The maximum Gasteiger partial charge on any atom is 0.330 e. The number of nitriles is 1. The highest BCUT2D eigenvalue weighted by molar-refractivity contribution is 8.01. The molecule has 9 heteroatoms. The molecule has 0 radical (unpaired) electrons. The lowest BCUT2D eigenvalue weighted by atomic mass is 10.1. The minimum Gasteiger partial charge on any atom is -0.454 e. The van der Waals surface area contributed by atoms with Gasteiger partial charge in [-0.3, -0.25) is 9.59 Å². The quantitative estimate of drug-likeness (QED) is 0.579. The predicted octanol–water partition coefficient (Wildman–Crippen LogP) is 2.82. The van der Waals surface area contributed by atoms with E-state index < -0.39 is 24.5 Å². The monoisotopic (exact) mass is 433 g/mol. The summed E-state index contributed by atoms with van der Waals surface area (Å²) >= 11 is 3.03. The van der Waals surface area contributed by atoms with E-state index in [-0.39, 0.29) is 10.8 Å². The van der Waals surface area contributed by atoms with Crippen LogP contribution in [0.3, 0.4) is 0 Å². The molecular weight excluding hydrogens is 410 g/mol. The van der Waals surface area contributed by atoms with Gasteiger partial charge in [0, 0.05) is 17.1 Å². The van der Waals surface area contributed by atoms with E-state index in [1.165, 1.54) is 16.2 Å². The van der Waals surface area contributed by atoms with E-state index in [2.05, 4.69) is 11.4 Å². The van der Waals surface area contributed by atoms with E-state index in [9.17, 15) is 19.6 Å². The first-order valence-corrected chi connectivity index (χ1v) is 11.7. The Morgan fingerprint density at radius 3 is 2.90 bits per heavy atom. The normalized spacial score (nSPS) is 25.7. The molecule has 2 amide bonds. The fraction of sp³-hybridized carbons (Fsp3) is 0.600. The number of carbonyl (C=O) groups excluding carboxylic acids is 3. The molecule has 1 N–H and O–H groups in total. The highest BCUT2D eigenvalue weighted by Gasteiger charge is 2.53. The first-order chi connectivity index (χ1) is 13.9. The molecule has 2 saturated heterocycles. The molecule has 1 aliphatic carbocycles. The van der Waals surface area contributed by atoms with Crippen LogP contribution in [-0.2, 0) is 32.0 Å². The third-order valence-corrected chi connectivity index (χ3v) is 8.56. The summed E-state index contributed by atoms with van der Waals surface area (Å²) in [5, 5.41) is 12.8. The molecule has 3 heterocycles. The van der Waals surface area contributed by atoms with Crippen LogP contribution in [0.15, 0.2) is 0 Å². The SMILES string of the molecule is C[C@]12CCC(=O)N1[C@@H](C(=O)OCC(=O)Nc1sc3c(c1C#N)CCCCC3)CS2. The van der Waals surface area contributed by atoms with Gasteiger partial charge in [-0.1, -0.05) is 6.42 Å². The van der Waals surface area contributed by atoms with Crippen LogP contribution in [0.5, 0.6) is 0 Å². The summed E-state index contributed by atoms with van der Waals surface area (Å²) in [5.74, 6) is -0.567. The zero-order chi connectivity index (χ0) is 20.6. The summed E-state index contributed by atoms with van der Waals surface area (Å²) in [6, 6.07) is 1.58. The Bertz CT molecular complexity index is 906. The lowest BCUT2D eigenvalue weighted by molar-refractivity contribution is -0.155. The number of thiophene rings is 1. The van der Waals surface area contributed by atoms with Crippen molar-refractivity contribution in [2.24, 2.45) is 0 Å². The molecular formula is C20H23N3O4S2. The number of nitrogens with one attached hydrogen (secondary N) is 1. The summed E-state index contributed by atoms with van der Waals surface area (Å²) < 4.78 is 5.22. The topological polar surface area (TPSA) is 99.5 Å². The maximum absolute atomic E-state index is 12.5. The first kappa shape index (κ1) is 20.2. The zero-order valence-corrected chi connectivity index (χ0v) is 17.9. The van der Waals surface area contributed by atoms with Crippen LogP contribution in [-0.4, -0.2) is 46.0 Å². The van der Waals surface area contributed by atoms with Crippen molar-refractivity contribution in [2.45, 2.75) is 62.8 Å². The molecule has 1 aromatic heterocycles. The molecule has 3 aliphatic rings. The van der Waals surface area contributed by atoms with Crippen molar-refractivity contribution in [1.29, 1.82) is 5.26 Å². The molecule has 1 aromatic rings. The second-order valence-electron chi connectivity index (χ2n) is 7.80. The van der Waals surface area contributed by atoms with Gasteiger partial charge in [-0.05, 0) is 44.6 Å². The third kappa shape index (κ3) is 3.76. The minimum atomic E-state index is -0.639. The molecule has 154 valence electrons. The second-order valence-corrected chi connectivity index (χ2v) is 10.4. The van der Waals surface area contributed by atoms with E-state index in [1.54, 1.807) is 16.7 Å². The van der Waals surface area contributed by atoms with Crippen LogP contribution in [0.2, 0.25) is 0 Å². The van der Waals surface area contributed by atoms with Gasteiger partial charge in [-0.15, -0.1) is 23.1 Å². The number of rotatable bonds is 4. The van der Waals surface area contributed by atoms with Gasteiger partial charge >= 0.3 is 5.97 Å². The van der Waals surface area contributed by atoms with Gasteiger partial charge in [0.05, 0.1) is 10.4 Å². The number of hydrogen-bond acceptors (Lipinski definition) is 7. The molecule has 2 fully saturated rings. The molecule has 2 atom stereocenters. The lowest BCUT2D eigenvalue weighted by Gasteiger charge is -2.29. The van der Waals surface area contributed by atoms with Crippen molar-refractivity contribution >= 4 is 45.9 Å². The smallest absolute Gasteiger partial charge is 0.330 e. The molecule has 7 nitrogen and oxygen atoms in total. The number of thioether (sulfide) groups is 1. The molecule has 0 aromatic carbocycles. The Hall–Kier alpha value is -2.05. The molecule has 0 bridgehead atoms. The lowest BCUT2D eigenvalue weighted by Crippen LogP contribution is -2.47. The number of amides is 2.